The first-order chi connectivity index (χ1) is 21.4. The molecule has 45 heavy (non-hydrogen) atoms. The number of ether oxygens (including phenoxy) is 1. The molecule has 7 nitrogen and oxygen atoms in total. The van der Waals surface area contributed by atoms with Crippen LogP contribution in [0.4, 0.5) is 0 Å². The Morgan fingerprint density at radius 1 is 1.04 bits per heavy atom. The van der Waals surface area contributed by atoms with Crippen LogP contribution < -0.4 is 4.74 Å². The van der Waals surface area contributed by atoms with Gasteiger partial charge >= 0.3 is 0 Å². The van der Waals surface area contributed by atoms with Crippen LogP contribution in [0.3, 0.4) is 0 Å². The second-order valence-electron chi connectivity index (χ2n) is 14.9. The molecule has 0 radical (unpaired) electrons. The zero-order chi connectivity index (χ0) is 31.9. The van der Waals surface area contributed by atoms with Gasteiger partial charge in [-0.15, -0.1) is 6.58 Å². The van der Waals surface area contributed by atoms with Crippen LogP contribution in [0.15, 0.2) is 54.6 Å². The maximum absolute atomic E-state index is 12.6. The summed E-state index contributed by atoms with van der Waals surface area (Å²) in [5.74, 6) is 1.57. The van der Waals surface area contributed by atoms with Gasteiger partial charge in [0.1, 0.15) is 5.75 Å². The van der Waals surface area contributed by atoms with E-state index < -0.39 is 17.1 Å². The first-order valence-corrected chi connectivity index (χ1v) is 16.8. The summed E-state index contributed by atoms with van der Waals surface area (Å²) in [6, 6.07) is 10.1. The summed E-state index contributed by atoms with van der Waals surface area (Å²) in [7, 11) is 0. The largest absolute Gasteiger partial charge is 0.508 e. The zero-order valence-electron chi connectivity index (χ0n) is 27.2. The van der Waals surface area contributed by atoms with Crippen LogP contribution in [0.2, 0.25) is 0 Å². The molecule has 3 aliphatic carbocycles. The number of nitrogens with zero attached hydrogens (tertiary/aromatic N) is 2. The van der Waals surface area contributed by atoms with E-state index in [4.69, 9.17) is 4.74 Å². The fourth-order valence-corrected chi connectivity index (χ4v) is 10.0. The number of carbonyl (C=O) groups excluding carboxylic acids is 1. The van der Waals surface area contributed by atoms with Gasteiger partial charge in [0, 0.05) is 43.7 Å². The number of aromatic hydroxyl groups is 2. The van der Waals surface area contributed by atoms with E-state index in [1.54, 1.807) is 6.07 Å². The number of aliphatic hydroxyl groups is 1. The molecule has 240 valence electrons. The normalized spacial score (nSPS) is 35.7. The van der Waals surface area contributed by atoms with Gasteiger partial charge in [0.05, 0.1) is 11.0 Å². The van der Waals surface area contributed by atoms with Crippen molar-refractivity contribution in [1.82, 2.24) is 9.80 Å². The van der Waals surface area contributed by atoms with Crippen LogP contribution in [-0.4, -0.2) is 80.9 Å². The van der Waals surface area contributed by atoms with Crippen LogP contribution in [0, 0.1) is 5.92 Å². The second kappa shape index (κ2) is 10.7. The van der Waals surface area contributed by atoms with Crippen LogP contribution in [0.5, 0.6) is 17.2 Å². The first kappa shape index (κ1) is 30.5. The van der Waals surface area contributed by atoms with Crippen LogP contribution in [0.1, 0.15) is 75.6 Å². The zero-order valence-corrected chi connectivity index (χ0v) is 27.2. The minimum absolute atomic E-state index is 0.0408. The molecule has 3 fully saturated rings. The highest BCUT2D eigenvalue weighted by Crippen LogP contribution is 2.64. The average Bonchev–Trinajstić information content (AvgIpc) is 3.36. The lowest BCUT2D eigenvalue weighted by Crippen LogP contribution is -2.76. The summed E-state index contributed by atoms with van der Waals surface area (Å²) < 4.78 is 5.98. The molecule has 8 rings (SSSR count). The highest BCUT2D eigenvalue weighted by molar-refractivity contribution is 5.90. The monoisotopic (exact) mass is 612 g/mol. The van der Waals surface area contributed by atoms with E-state index in [-0.39, 0.29) is 23.0 Å². The molecule has 0 aromatic heterocycles. The summed E-state index contributed by atoms with van der Waals surface area (Å²) in [6.07, 6.45) is 7.99. The third-order valence-electron chi connectivity index (χ3n) is 12.6. The SMILES string of the molecule is C=CCN1CC[C@]23c4c5ccc(O)c4O[C@H]2C(=O)CC[C@@]3(O)[C@H]1C5.CC(C)=CCN1CC[C@]2(C)c3cc(O)ccc3C[C@H]1[C@H]2C. The lowest BCUT2D eigenvalue weighted by Gasteiger charge is -2.62. The van der Waals surface area contributed by atoms with Gasteiger partial charge in [-0.3, -0.25) is 14.6 Å². The minimum Gasteiger partial charge on any atom is -0.508 e. The molecule has 1 saturated carbocycles. The van der Waals surface area contributed by atoms with Gasteiger partial charge in [-0.1, -0.05) is 43.7 Å². The molecule has 6 aliphatic rings. The van der Waals surface area contributed by atoms with E-state index in [0.29, 0.717) is 49.1 Å². The standard InChI is InChI=1S/C19H21NO4.C19H27NO/c1-2-8-20-9-7-18-15-11-3-4-12(21)16(15)24-17(18)13(22)5-6-19(18,23)14(20)10-11;1-13(2)7-9-20-10-8-19(4)14(3)18(20)11-15-5-6-16(21)12-17(15)19/h2-4,14,17,21,23H,1,5-10H2;5-7,12,14,18,21H,8-11H2,1-4H3/t14-,17+,18+,19-;14-,18+,19+/m11/s1. The predicted molar refractivity (Wildman–Crippen MR) is 175 cm³/mol. The van der Waals surface area contributed by atoms with Crippen molar-refractivity contribution >= 4 is 5.78 Å². The van der Waals surface area contributed by atoms with E-state index in [2.05, 4.69) is 56.2 Å². The summed E-state index contributed by atoms with van der Waals surface area (Å²) >= 11 is 0. The van der Waals surface area contributed by atoms with Gasteiger partial charge in [-0.05, 0) is 98.7 Å². The number of fused-ring (bicyclic) bond motifs is 4. The Balaban J connectivity index is 0.000000146. The molecule has 2 aromatic carbocycles. The highest BCUT2D eigenvalue weighted by Gasteiger charge is 2.73. The number of Topliss-reactive ketones (excluding diaryl/α,β-unsaturated/α-hetero) is 1. The molecule has 7 atom stereocenters. The number of benzene rings is 2. The number of allylic oxidation sites excluding steroid dienone is 1. The van der Waals surface area contributed by atoms with Gasteiger partial charge in [0.15, 0.2) is 23.4 Å². The molecule has 3 aliphatic heterocycles. The third-order valence-corrected chi connectivity index (χ3v) is 12.6. The predicted octanol–water partition coefficient (Wildman–Crippen LogP) is 5.18. The molecular weight excluding hydrogens is 564 g/mol. The quantitative estimate of drug-likeness (QED) is 0.410. The number of hydrogen-bond donors (Lipinski definition) is 3. The maximum Gasteiger partial charge on any atom is 0.174 e. The fourth-order valence-electron chi connectivity index (χ4n) is 10.0. The molecule has 1 spiro atoms. The van der Waals surface area contributed by atoms with Crippen LogP contribution in [-0.2, 0) is 28.5 Å². The van der Waals surface area contributed by atoms with E-state index >= 15 is 0 Å². The van der Waals surface area contributed by atoms with Crippen molar-refractivity contribution in [2.45, 2.75) is 101 Å². The number of phenols is 2. The molecule has 7 heteroatoms. The van der Waals surface area contributed by atoms with Gasteiger partial charge in [0.25, 0.3) is 0 Å². The topological polar surface area (TPSA) is 93.5 Å². The molecule has 0 unspecified atom stereocenters. The Morgan fingerprint density at radius 2 is 1.80 bits per heavy atom. The molecule has 0 amide bonds. The smallest absolute Gasteiger partial charge is 0.174 e. The Bertz CT molecular complexity index is 1580. The molecular formula is C38H48N2O5. The summed E-state index contributed by atoms with van der Waals surface area (Å²) in [5, 5.41) is 32.0. The number of phenolic OH excluding ortho intramolecular Hbond substituents is 2. The number of ketones is 1. The average molecular weight is 613 g/mol. The molecule has 2 aromatic rings. The van der Waals surface area contributed by atoms with Crippen LogP contribution in [0.25, 0.3) is 0 Å². The molecule has 2 saturated heterocycles. The summed E-state index contributed by atoms with van der Waals surface area (Å²) in [5.41, 5.74) is 4.68. The third kappa shape index (κ3) is 4.30. The van der Waals surface area contributed by atoms with Crippen molar-refractivity contribution in [1.29, 1.82) is 0 Å². The first-order valence-electron chi connectivity index (χ1n) is 16.8. The number of carbonyl (C=O) groups is 1. The Hall–Kier alpha value is -3.13. The van der Waals surface area contributed by atoms with Crippen molar-refractivity contribution in [3.63, 3.8) is 0 Å². The summed E-state index contributed by atoms with van der Waals surface area (Å²) in [6.45, 7) is 16.7. The van der Waals surface area contributed by atoms with Crippen molar-refractivity contribution in [3.05, 3.63) is 76.9 Å². The van der Waals surface area contributed by atoms with Gasteiger partial charge < -0.3 is 20.1 Å². The molecule has 3 N–H and O–H groups in total. The van der Waals surface area contributed by atoms with Crippen molar-refractivity contribution in [3.8, 4) is 17.2 Å². The van der Waals surface area contributed by atoms with Gasteiger partial charge in [-0.25, -0.2) is 0 Å². The van der Waals surface area contributed by atoms with Crippen LogP contribution >= 0.6 is 0 Å². The molecule has 4 bridgehead atoms. The van der Waals surface area contributed by atoms with E-state index in [9.17, 15) is 20.1 Å². The number of likely N-dealkylation sites (tertiary alicyclic amines) is 2. The second-order valence-corrected chi connectivity index (χ2v) is 14.9. The van der Waals surface area contributed by atoms with Crippen molar-refractivity contribution < 1.29 is 24.9 Å². The number of hydrogen-bond acceptors (Lipinski definition) is 7. The maximum atomic E-state index is 12.6. The van der Waals surface area contributed by atoms with E-state index in [1.807, 2.05) is 24.3 Å². The van der Waals surface area contributed by atoms with Gasteiger partial charge in [-0.2, -0.15) is 0 Å². The number of rotatable bonds is 4. The molecule has 3 heterocycles. The number of piperidine rings is 2. The van der Waals surface area contributed by atoms with E-state index in [1.165, 1.54) is 23.1 Å². The minimum atomic E-state index is -1.00. The lowest BCUT2D eigenvalue weighted by molar-refractivity contribution is -0.187. The summed E-state index contributed by atoms with van der Waals surface area (Å²) in [4.78, 5) is 17.6. The van der Waals surface area contributed by atoms with Gasteiger partial charge in [0.2, 0.25) is 0 Å². The highest BCUT2D eigenvalue weighted by atomic mass is 16.5. The van der Waals surface area contributed by atoms with Crippen molar-refractivity contribution in [2.75, 3.05) is 26.2 Å². The van der Waals surface area contributed by atoms with E-state index in [0.717, 1.165) is 43.7 Å². The Labute approximate surface area is 267 Å². The fraction of sp³-hybridized carbons (Fsp3) is 0.553. The van der Waals surface area contributed by atoms with Crippen molar-refractivity contribution in [2.24, 2.45) is 5.92 Å². The Morgan fingerprint density at radius 3 is 2.56 bits per heavy atom. The Kier molecular flexibility index (Phi) is 7.27. The lowest BCUT2D eigenvalue weighted by atomic mass is 9.49.